The van der Waals surface area contributed by atoms with E-state index >= 15 is 0 Å². The zero-order valence-corrected chi connectivity index (χ0v) is 39.3. The van der Waals surface area contributed by atoms with E-state index in [4.69, 9.17) is 9.47 Å². The van der Waals surface area contributed by atoms with Crippen LogP contribution in [0.15, 0.2) is 72.8 Å². The van der Waals surface area contributed by atoms with Crippen LogP contribution in [-0.2, 0) is 34.1 Å². The number of carbonyl (C=O) groups is 6. The molecule has 3 aromatic carbocycles. The number of nitrogens with one attached hydrogen (secondary N) is 4. The first-order valence-corrected chi connectivity index (χ1v) is 22.9. The number of benzene rings is 3. The molecule has 6 atom stereocenters. The lowest BCUT2D eigenvalue weighted by Gasteiger charge is -2.34. The van der Waals surface area contributed by atoms with Crippen molar-refractivity contribution in [2.75, 3.05) is 42.8 Å². The minimum atomic E-state index is -0.814. The Morgan fingerprint density at radius 3 is 1.29 bits per heavy atom. The normalized spacial score (nSPS) is 20.6. The van der Waals surface area contributed by atoms with Gasteiger partial charge in [-0.25, -0.2) is 9.59 Å². The van der Waals surface area contributed by atoms with Gasteiger partial charge in [-0.15, -0.1) is 0 Å². The van der Waals surface area contributed by atoms with Crippen molar-refractivity contribution in [2.24, 2.45) is 11.8 Å². The Labute approximate surface area is 383 Å². The largest absolute Gasteiger partial charge is 0.453 e. The van der Waals surface area contributed by atoms with Crippen molar-refractivity contribution < 1.29 is 38.2 Å². The summed E-state index contributed by atoms with van der Waals surface area (Å²) < 4.78 is 9.49. The second kappa shape index (κ2) is 20.8. The Kier molecular flexibility index (Phi) is 15.5. The molecule has 3 aliphatic heterocycles. The molecule has 15 nitrogen and oxygen atoms in total. The predicted octanol–water partition coefficient (Wildman–Crippen LogP) is 7.69. The van der Waals surface area contributed by atoms with Gasteiger partial charge in [0, 0.05) is 30.2 Å². The van der Waals surface area contributed by atoms with Crippen molar-refractivity contribution in [2.45, 2.75) is 129 Å². The minimum Gasteiger partial charge on any atom is -0.453 e. The van der Waals surface area contributed by atoms with Crippen molar-refractivity contribution >= 4 is 52.9 Å². The van der Waals surface area contributed by atoms with Crippen molar-refractivity contribution in [3.05, 3.63) is 89.5 Å². The highest BCUT2D eigenvalue weighted by Crippen LogP contribution is 2.47. The van der Waals surface area contributed by atoms with Crippen LogP contribution in [0.3, 0.4) is 0 Å². The standard InChI is InChI=1S/C50H67N7O8/c1-30(2)42(53-48(62)64-8)46(60)55-28-10-12-40(55)44(58)51-35-20-14-32(15-21-35)38-26-27-39(57(38)37-24-18-34(19-25-37)50(5,6)7)33-16-22-36(23-17-33)52-45(59)41-13-11-29-56(41)47(61)43(31(3)4)54-49(63)65-9/h14-25,30-31,38-43H,10-13,26-29H2,1-9H3,(H,51,58)(H,52,59)(H,53,62)(H,54,63)/t38-,39+,40-,41-,42+,43+/m0/s1. The Bertz CT molecular complexity index is 2050. The lowest BCUT2D eigenvalue weighted by Crippen LogP contribution is -2.54. The van der Waals surface area contributed by atoms with Crippen molar-refractivity contribution in [1.82, 2.24) is 20.4 Å². The predicted molar refractivity (Wildman–Crippen MR) is 250 cm³/mol. The fourth-order valence-corrected chi connectivity index (χ4v) is 9.35. The first-order valence-electron chi connectivity index (χ1n) is 22.9. The van der Waals surface area contributed by atoms with Crippen LogP contribution in [0.4, 0.5) is 26.7 Å². The summed E-state index contributed by atoms with van der Waals surface area (Å²) in [5.74, 6) is -1.55. The van der Waals surface area contributed by atoms with E-state index in [1.807, 2.05) is 52.0 Å². The van der Waals surface area contributed by atoms with Gasteiger partial charge in [-0.2, -0.15) is 0 Å². The Morgan fingerprint density at radius 2 is 0.954 bits per heavy atom. The molecule has 3 aliphatic rings. The van der Waals surface area contributed by atoms with Gasteiger partial charge in [0.15, 0.2) is 0 Å². The average Bonchev–Trinajstić information content (AvgIpc) is 4.08. The average molecular weight is 894 g/mol. The van der Waals surface area contributed by atoms with Crippen LogP contribution in [0, 0.1) is 11.8 Å². The number of likely N-dealkylation sites (tertiary alicyclic amines) is 2. The molecule has 3 fully saturated rings. The van der Waals surface area contributed by atoms with Crippen molar-refractivity contribution in [1.29, 1.82) is 0 Å². The van der Waals surface area contributed by atoms with Crippen LogP contribution >= 0.6 is 0 Å². The number of alkyl carbamates (subject to hydrolysis) is 2. The first kappa shape index (κ1) is 48.3. The maximum absolute atomic E-state index is 13.7. The van der Waals surface area contributed by atoms with Gasteiger partial charge in [0.2, 0.25) is 23.6 Å². The van der Waals surface area contributed by atoms with E-state index in [1.165, 1.54) is 19.8 Å². The van der Waals surface area contributed by atoms with E-state index in [0.29, 0.717) is 50.1 Å². The summed E-state index contributed by atoms with van der Waals surface area (Å²) in [6, 6.07) is 21.7. The number of methoxy groups -OCH3 is 2. The molecule has 0 saturated carbocycles. The van der Waals surface area contributed by atoms with Crippen LogP contribution in [0.25, 0.3) is 0 Å². The number of hydrogen-bond donors (Lipinski definition) is 4. The summed E-state index contributed by atoms with van der Waals surface area (Å²) in [6.45, 7) is 14.8. The molecule has 3 saturated heterocycles. The Balaban J connectivity index is 1.17. The summed E-state index contributed by atoms with van der Waals surface area (Å²) in [6.07, 6.45) is 2.77. The second-order valence-corrected chi connectivity index (χ2v) is 19.1. The van der Waals surface area contributed by atoms with E-state index in [-0.39, 0.29) is 53.0 Å². The molecule has 3 aromatic rings. The van der Waals surface area contributed by atoms with Crippen LogP contribution in [0.1, 0.15) is 116 Å². The van der Waals surface area contributed by atoms with E-state index in [0.717, 1.165) is 29.7 Å². The third-order valence-electron chi connectivity index (χ3n) is 13.0. The summed E-state index contributed by atoms with van der Waals surface area (Å²) in [7, 11) is 2.50. The molecule has 3 heterocycles. The third-order valence-corrected chi connectivity index (χ3v) is 13.0. The molecular formula is C50H67N7O8. The molecule has 0 spiro atoms. The zero-order chi connectivity index (χ0) is 47.2. The molecule has 0 unspecified atom stereocenters. The van der Waals surface area contributed by atoms with Gasteiger partial charge in [-0.3, -0.25) is 19.2 Å². The maximum atomic E-state index is 13.7. The van der Waals surface area contributed by atoms with Gasteiger partial charge in [0.25, 0.3) is 0 Å². The van der Waals surface area contributed by atoms with Gasteiger partial charge >= 0.3 is 12.2 Å². The van der Waals surface area contributed by atoms with Crippen LogP contribution < -0.4 is 26.2 Å². The molecule has 6 rings (SSSR count). The molecule has 0 radical (unpaired) electrons. The quantitative estimate of drug-likeness (QED) is 0.134. The summed E-state index contributed by atoms with van der Waals surface area (Å²) in [4.78, 5) is 84.1. The zero-order valence-electron chi connectivity index (χ0n) is 39.3. The monoisotopic (exact) mass is 894 g/mol. The Morgan fingerprint density at radius 1 is 0.569 bits per heavy atom. The fraction of sp³-hybridized carbons (Fsp3) is 0.520. The van der Waals surface area contributed by atoms with Crippen molar-refractivity contribution in [3.8, 4) is 0 Å². The van der Waals surface area contributed by atoms with Gasteiger partial charge in [0.05, 0.1) is 26.3 Å². The highest BCUT2D eigenvalue weighted by Gasteiger charge is 2.41. The summed E-state index contributed by atoms with van der Waals surface area (Å²) >= 11 is 0. The lowest BCUT2D eigenvalue weighted by molar-refractivity contribution is -0.139. The van der Waals surface area contributed by atoms with Gasteiger partial charge in [-0.1, -0.05) is 84.9 Å². The summed E-state index contributed by atoms with van der Waals surface area (Å²) in [5, 5.41) is 11.3. The maximum Gasteiger partial charge on any atom is 0.407 e. The molecule has 0 aliphatic carbocycles. The van der Waals surface area contributed by atoms with Crippen LogP contribution in [0.2, 0.25) is 0 Å². The molecule has 6 amide bonds. The number of amides is 6. The van der Waals surface area contributed by atoms with E-state index < -0.39 is 36.4 Å². The number of ether oxygens (including phenoxy) is 2. The molecule has 0 bridgehead atoms. The van der Waals surface area contributed by atoms with E-state index in [9.17, 15) is 28.8 Å². The lowest BCUT2D eigenvalue weighted by atomic mass is 9.87. The second-order valence-electron chi connectivity index (χ2n) is 19.1. The van der Waals surface area contributed by atoms with E-state index in [1.54, 1.807) is 9.80 Å². The molecular weight excluding hydrogens is 827 g/mol. The molecule has 0 aromatic heterocycles. The van der Waals surface area contributed by atoms with Gasteiger partial charge in [0.1, 0.15) is 24.2 Å². The van der Waals surface area contributed by atoms with Crippen molar-refractivity contribution in [3.63, 3.8) is 0 Å². The SMILES string of the molecule is COC(=O)N[C@@H](C(=O)N1CCC[C@H]1C(=O)Nc1ccc([C@H]2CC[C@@H](c3ccc(NC(=O)[C@@H]4CCCN4C(=O)[C@H](NC(=O)OC)C(C)C)cc3)N2c2ccc(C(C)(C)C)cc2)cc1)C(C)C. The van der Waals surface area contributed by atoms with Gasteiger partial charge in [-0.05, 0) is 109 Å². The number of anilines is 3. The molecule has 4 N–H and O–H groups in total. The molecule has 350 valence electrons. The number of nitrogens with zero attached hydrogens (tertiary/aromatic N) is 3. The topological polar surface area (TPSA) is 179 Å². The van der Waals surface area contributed by atoms with E-state index in [2.05, 4.69) is 95.5 Å². The number of rotatable bonds is 13. The highest BCUT2D eigenvalue weighted by molar-refractivity contribution is 5.99. The van der Waals surface area contributed by atoms with Crippen LogP contribution in [0.5, 0.6) is 0 Å². The highest BCUT2D eigenvalue weighted by atomic mass is 16.5. The Hall–Kier alpha value is -6.12. The smallest absolute Gasteiger partial charge is 0.407 e. The molecule has 65 heavy (non-hydrogen) atoms. The number of hydrogen-bond acceptors (Lipinski definition) is 9. The summed E-state index contributed by atoms with van der Waals surface area (Å²) in [5.41, 5.74) is 5.75. The fourth-order valence-electron chi connectivity index (χ4n) is 9.35. The first-order chi connectivity index (χ1) is 30.9. The van der Waals surface area contributed by atoms with Gasteiger partial charge < -0.3 is 45.4 Å². The third kappa shape index (κ3) is 11.2. The minimum absolute atomic E-state index is 0.0132. The van der Waals surface area contributed by atoms with Crippen LogP contribution in [-0.4, -0.2) is 97.1 Å². The number of carbonyl (C=O) groups excluding carboxylic acids is 6. The molecule has 15 heteroatoms.